The summed E-state index contributed by atoms with van der Waals surface area (Å²) in [5.74, 6) is 0.211. The van der Waals surface area contributed by atoms with Crippen LogP contribution in [0.15, 0.2) is 28.7 Å². The van der Waals surface area contributed by atoms with Crippen LogP contribution in [-0.4, -0.2) is 60.3 Å². The lowest BCUT2D eigenvalue weighted by atomic mass is 9.94. The summed E-state index contributed by atoms with van der Waals surface area (Å²) in [5, 5.41) is 4.95. The van der Waals surface area contributed by atoms with Gasteiger partial charge in [-0.15, -0.1) is 0 Å². The van der Waals surface area contributed by atoms with Gasteiger partial charge >= 0.3 is 6.03 Å². The third kappa shape index (κ3) is 3.50. The second kappa shape index (κ2) is 7.62. The minimum Gasteiger partial charge on any atom is -0.497 e. The number of fused-ring (bicyclic) bond motifs is 2. The molecule has 0 bridgehead atoms. The summed E-state index contributed by atoms with van der Waals surface area (Å²) < 4.78 is 11.3. The predicted octanol–water partition coefficient (Wildman–Crippen LogP) is -0.178. The van der Waals surface area contributed by atoms with E-state index >= 15 is 0 Å². The Morgan fingerprint density at radius 1 is 1.21 bits per heavy atom. The van der Waals surface area contributed by atoms with E-state index in [4.69, 9.17) is 14.9 Å². The van der Waals surface area contributed by atoms with E-state index in [2.05, 4.69) is 10.6 Å². The second-order valence-corrected chi connectivity index (χ2v) is 8.48. The number of nitrogens with one attached hydrogen (secondary N) is 2. The summed E-state index contributed by atoms with van der Waals surface area (Å²) in [7, 11) is 1.52. The number of nitrogens with two attached hydrogens (primary N) is 1. The number of ether oxygens (including phenoxy) is 1. The first-order valence-corrected chi connectivity index (χ1v) is 10.5. The van der Waals surface area contributed by atoms with Gasteiger partial charge in [-0.05, 0) is 23.8 Å². The van der Waals surface area contributed by atoms with Crippen LogP contribution in [0.2, 0.25) is 0 Å². The van der Waals surface area contributed by atoms with Crippen molar-refractivity contribution in [2.45, 2.75) is 25.0 Å². The number of nitrogens with zero attached hydrogens (tertiary/aromatic N) is 2. The first-order chi connectivity index (χ1) is 15.8. The number of carbonyl (C=O) groups excluding carboxylic acids is 4. The number of carbonyl (C=O) groups is 4. The summed E-state index contributed by atoms with van der Waals surface area (Å²) in [6.07, 6.45) is 0.530. The molecule has 5 rings (SSSR count). The third-order valence-corrected chi connectivity index (χ3v) is 6.31. The van der Waals surface area contributed by atoms with Gasteiger partial charge < -0.3 is 25.1 Å². The van der Waals surface area contributed by atoms with Crippen LogP contribution < -0.4 is 21.1 Å². The zero-order valence-corrected chi connectivity index (χ0v) is 18.0. The summed E-state index contributed by atoms with van der Waals surface area (Å²) in [4.78, 5) is 53.0. The Balaban J connectivity index is 1.46. The van der Waals surface area contributed by atoms with E-state index in [1.54, 1.807) is 18.2 Å². The third-order valence-electron chi connectivity index (χ3n) is 6.31. The zero-order chi connectivity index (χ0) is 23.3. The molecule has 1 aromatic heterocycles. The van der Waals surface area contributed by atoms with Crippen LogP contribution in [0.1, 0.15) is 33.0 Å². The number of primary amides is 1. The van der Waals surface area contributed by atoms with Crippen molar-refractivity contribution < 1.29 is 28.3 Å². The minimum absolute atomic E-state index is 0.0994. The number of hydrogen-bond donors (Lipinski definition) is 3. The van der Waals surface area contributed by atoms with Crippen LogP contribution in [0.25, 0.3) is 0 Å². The Hall–Kier alpha value is -3.86. The van der Waals surface area contributed by atoms with Gasteiger partial charge in [-0.25, -0.2) is 4.79 Å². The Labute approximate surface area is 188 Å². The lowest BCUT2D eigenvalue weighted by Crippen LogP contribution is -2.52. The fourth-order valence-corrected chi connectivity index (χ4v) is 4.69. The average molecular weight is 453 g/mol. The minimum atomic E-state index is -1.56. The molecule has 0 radical (unpaired) electrons. The predicted molar refractivity (Wildman–Crippen MR) is 113 cm³/mol. The van der Waals surface area contributed by atoms with Crippen LogP contribution in [-0.2, 0) is 34.6 Å². The van der Waals surface area contributed by atoms with E-state index in [0.29, 0.717) is 36.6 Å². The molecular weight excluding hydrogens is 430 g/mol. The molecule has 172 valence electrons. The highest BCUT2D eigenvalue weighted by Gasteiger charge is 2.53. The molecule has 0 spiro atoms. The van der Waals surface area contributed by atoms with Crippen LogP contribution in [0.5, 0.6) is 5.75 Å². The fourth-order valence-electron chi connectivity index (χ4n) is 4.69. The molecule has 0 unspecified atom stereocenters. The monoisotopic (exact) mass is 453 g/mol. The van der Waals surface area contributed by atoms with Crippen molar-refractivity contribution in [3.8, 4) is 5.75 Å². The fraction of sp³-hybridized carbons (Fsp3) is 0.364. The summed E-state index contributed by atoms with van der Waals surface area (Å²) >= 11 is 0. The molecule has 0 saturated carbocycles. The van der Waals surface area contributed by atoms with E-state index in [9.17, 15) is 19.2 Å². The summed E-state index contributed by atoms with van der Waals surface area (Å²) in [6, 6.07) is 6.30. The number of urea groups is 1. The molecular formula is C22H23N5O6. The standard InChI is InChI=1S/C22H23N5O6/c1-32-14-3-2-12-9-27(19(29)15(12)7-14)11-22(20(30)24-21(31)25-22)17-6-13-8-26(10-18(23)28)5-4-16(13)33-17/h2-3,6-7H,4-5,8-11H2,1H3,(H2,23,28)(H2,24,25,30,31)/t22-/m0/s1. The number of imide groups is 1. The molecule has 1 aromatic carbocycles. The quantitative estimate of drug-likeness (QED) is 0.514. The van der Waals surface area contributed by atoms with Gasteiger partial charge in [0.2, 0.25) is 5.91 Å². The Morgan fingerprint density at radius 2 is 2.03 bits per heavy atom. The number of hydrogen-bond acceptors (Lipinski definition) is 7. The maximum absolute atomic E-state index is 13.1. The number of methoxy groups -OCH3 is 1. The van der Waals surface area contributed by atoms with Crippen molar-refractivity contribution >= 4 is 23.8 Å². The number of furan rings is 1. The molecule has 11 nitrogen and oxygen atoms in total. The van der Waals surface area contributed by atoms with Crippen LogP contribution in [0.4, 0.5) is 4.79 Å². The van der Waals surface area contributed by atoms with Crippen molar-refractivity contribution in [3.05, 3.63) is 52.5 Å². The van der Waals surface area contributed by atoms with Crippen molar-refractivity contribution in [2.24, 2.45) is 5.73 Å². The molecule has 4 N–H and O–H groups in total. The lowest BCUT2D eigenvalue weighted by molar-refractivity contribution is -0.125. The van der Waals surface area contributed by atoms with Gasteiger partial charge in [-0.3, -0.25) is 24.6 Å². The van der Waals surface area contributed by atoms with E-state index in [-0.39, 0.29) is 31.3 Å². The van der Waals surface area contributed by atoms with E-state index in [0.717, 1.165) is 11.1 Å². The van der Waals surface area contributed by atoms with Crippen molar-refractivity contribution in [3.63, 3.8) is 0 Å². The number of benzene rings is 1. The molecule has 1 saturated heterocycles. The first kappa shape index (κ1) is 21.0. The Kier molecular flexibility index (Phi) is 4.85. The number of rotatable bonds is 6. The highest BCUT2D eigenvalue weighted by Crippen LogP contribution is 2.35. The van der Waals surface area contributed by atoms with Gasteiger partial charge in [0.1, 0.15) is 17.3 Å². The largest absolute Gasteiger partial charge is 0.497 e. The molecule has 4 heterocycles. The normalized spacial score (nSPS) is 22.1. The van der Waals surface area contributed by atoms with Crippen LogP contribution in [0.3, 0.4) is 0 Å². The van der Waals surface area contributed by atoms with Gasteiger partial charge in [0.05, 0.1) is 20.2 Å². The molecule has 3 aliphatic rings. The number of amides is 5. The van der Waals surface area contributed by atoms with Gasteiger partial charge in [0.15, 0.2) is 5.54 Å². The molecule has 1 fully saturated rings. The van der Waals surface area contributed by atoms with E-state index in [1.165, 1.54) is 12.0 Å². The van der Waals surface area contributed by atoms with Crippen molar-refractivity contribution in [1.29, 1.82) is 0 Å². The van der Waals surface area contributed by atoms with Gasteiger partial charge in [-0.1, -0.05) is 6.07 Å². The highest BCUT2D eigenvalue weighted by molar-refractivity contribution is 6.08. The second-order valence-electron chi connectivity index (χ2n) is 8.48. The molecule has 11 heteroatoms. The van der Waals surface area contributed by atoms with Crippen molar-refractivity contribution in [1.82, 2.24) is 20.4 Å². The molecule has 2 aromatic rings. The van der Waals surface area contributed by atoms with Crippen LogP contribution in [0, 0.1) is 0 Å². The molecule has 5 amide bonds. The maximum atomic E-state index is 13.1. The highest BCUT2D eigenvalue weighted by atomic mass is 16.5. The Morgan fingerprint density at radius 3 is 2.73 bits per heavy atom. The first-order valence-electron chi connectivity index (χ1n) is 10.5. The van der Waals surface area contributed by atoms with E-state index < -0.39 is 23.4 Å². The SMILES string of the molecule is COc1ccc2c(c1)C(=O)N(C[C@@]1(c3cc4c(o3)CCN(CC(N)=O)C4)NC(=O)NC1=O)C2. The lowest BCUT2D eigenvalue weighted by Gasteiger charge is -2.29. The zero-order valence-electron chi connectivity index (χ0n) is 18.0. The molecule has 33 heavy (non-hydrogen) atoms. The smallest absolute Gasteiger partial charge is 0.322 e. The van der Waals surface area contributed by atoms with Crippen molar-refractivity contribution in [2.75, 3.05) is 26.7 Å². The van der Waals surface area contributed by atoms with Gasteiger partial charge in [0, 0.05) is 37.2 Å². The van der Waals surface area contributed by atoms with Gasteiger partial charge in [0.25, 0.3) is 11.8 Å². The Bertz CT molecular complexity index is 1190. The average Bonchev–Trinajstić information content (AvgIpc) is 3.41. The molecule has 3 aliphatic heterocycles. The topological polar surface area (TPSA) is 147 Å². The molecule has 0 aliphatic carbocycles. The summed E-state index contributed by atoms with van der Waals surface area (Å²) in [6.45, 7) is 1.32. The summed E-state index contributed by atoms with van der Waals surface area (Å²) in [5.41, 5.74) is 5.86. The van der Waals surface area contributed by atoms with E-state index in [1.807, 2.05) is 11.0 Å². The van der Waals surface area contributed by atoms with Crippen LogP contribution >= 0.6 is 0 Å². The maximum Gasteiger partial charge on any atom is 0.322 e. The van der Waals surface area contributed by atoms with Gasteiger partial charge in [-0.2, -0.15) is 0 Å². The molecule has 1 atom stereocenters.